The molecule has 4 rings (SSSR count). The van der Waals surface area contributed by atoms with E-state index < -0.39 is 0 Å². The Hall–Kier alpha value is -1.71. The van der Waals surface area contributed by atoms with Gasteiger partial charge in [-0.05, 0) is 47.4 Å². The molecule has 2 nitrogen and oxygen atoms in total. The molecular formula is C25H25Cl3N2. The van der Waals surface area contributed by atoms with E-state index in [-0.39, 0.29) is 6.04 Å². The van der Waals surface area contributed by atoms with Gasteiger partial charge in [0.1, 0.15) is 0 Å². The first-order chi connectivity index (χ1) is 14.5. The van der Waals surface area contributed by atoms with Crippen LogP contribution in [0.4, 0.5) is 5.69 Å². The number of halogens is 3. The van der Waals surface area contributed by atoms with Gasteiger partial charge in [-0.15, -0.1) is 0 Å². The summed E-state index contributed by atoms with van der Waals surface area (Å²) in [5.74, 6) is 0.475. The van der Waals surface area contributed by atoms with Crippen molar-refractivity contribution in [3.05, 3.63) is 99.0 Å². The number of piperazine rings is 1. The molecule has 3 aromatic carbocycles. The summed E-state index contributed by atoms with van der Waals surface area (Å²) in [6.45, 7) is 6.14. The molecule has 1 aliphatic rings. The third-order valence-corrected chi connectivity index (χ3v) is 6.63. The van der Waals surface area contributed by atoms with Crippen LogP contribution in [-0.2, 0) is 0 Å². The largest absolute Gasteiger partial charge is 0.361 e. The van der Waals surface area contributed by atoms with Gasteiger partial charge in [-0.3, -0.25) is 4.90 Å². The van der Waals surface area contributed by atoms with E-state index in [1.807, 2.05) is 30.3 Å². The Bertz CT molecular complexity index is 975. The van der Waals surface area contributed by atoms with E-state index in [1.165, 1.54) is 11.1 Å². The lowest BCUT2D eigenvalue weighted by molar-refractivity contribution is 0.214. The van der Waals surface area contributed by atoms with Crippen molar-refractivity contribution in [3.8, 4) is 0 Å². The highest BCUT2D eigenvalue weighted by Gasteiger charge is 2.30. The third-order valence-electron chi connectivity index (χ3n) is 5.84. The van der Waals surface area contributed by atoms with Gasteiger partial charge in [-0.2, -0.15) is 0 Å². The van der Waals surface area contributed by atoms with Crippen LogP contribution >= 0.6 is 34.8 Å². The number of nitrogens with zero attached hydrogens (tertiary/aromatic N) is 2. The van der Waals surface area contributed by atoms with Crippen LogP contribution in [-0.4, -0.2) is 31.1 Å². The van der Waals surface area contributed by atoms with Crippen molar-refractivity contribution in [2.45, 2.75) is 18.9 Å². The molecule has 1 aliphatic heterocycles. The average Bonchev–Trinajstić information content (AvgIpc) is 2.75. The van der Waals surface area contributed by atoms with E-state index in [2.05, 4.69) is 59.2 Å². The molecular weight excluding hydrogens is 435 g/mol. The summed E-state index contributed by atoms with van der Waals surface area (Å²) in [6.07, 6.45) is 0. The fraction of sp³-hybridized carbons (Fsp3) is 0.280. The second-order valence-corrected chi connectivity index (χ2v) is 9.21. The Labute approximate surface area is 194 Å². The maximum absolute atomic E-state index is 6.58. The molecule has 1 saturated heterocycles. The monoisotopic (exact) mass is 458 g/mol. The number of hydrogen-bond donors (Lipinski definition) is 0. The molecule has 0 saturated carbocycles. The van der Waals surface area contributed by atoms with Gasteiger partial charge in [0.15, 0.2) is 0 Å². The summed E-state index contributed by atoms with van der Waals surface area (Å²) in [5, 5.41) is 2.09. The predicted octanol–water partition coefficient (Wildman–Crippen LogP) is 7.31. The molecule has 3 aromatic rings. The van der Waals surface area contributed by atoms with Crippen molar-refractivity contribution in [1.82, 2.24) is 4.90 Å². The summed E-state index contributed by atoms with van der Waals surface area (Å²) in [7, 11) is 0. The van der Waals surface area contributed by atoms with Crippen molar-refractivity contribution in [3.63, 3.8) is 0 Å². The average molecular weight is 460 g/mol. The fourth-order valence-electron chi connectivity index (χ4n) is 4.25. The minimum Gasteiger partial charge on any atom is -0.361 e. The number of benzene rings is 3. The van der Waals surface area contributed by atoms with Crippen LogP contribution in [0.1, 0.15) is 30.0 Å². The van der Waals surface area contributed by atoms with Crippen LogP contribution < -0.4 is 4.90 Å². The zero-order valence-electron chi connectivity index (χ0n) is 16.9. The zero-order valence-corrected chi connectivity index (χ0v) is 19.2. The lowest BCUT2D eigenvalue weighted by Crippen LogP contribution is -2.49. The van der Waals surface area contributed by atoms with Gasteiger partial charge >= 0.3 is 0 Å². The fourth-order valence-corrected chi connectivity index (χ4v) is 4.90. The van der Waals surface area contributed by atoms with Crippen LogP contribution in [0, 0.1) is 0 Å². The molecule has 0 spiro atoms. The lowest BCUT2D eigenvalue weighted by atomic mass is 9.97. The van der Waals surface area contributed by atoms with Crippen molar-refractivity contribution in [2.75, 3.05) is 31.1 Å². The molecule has 0 amide bonds. The van der Waals surface area contributed by atoms with E-state index in [1.54, 1.807) is 0 Å². The predicted molar refractivity (Wildman–Crippen MR) is 129 cm³/mol. The van der Waals surface area contributed by atoms with Crippen LogP contribution in [0.25, 0.3) is 0 Å². The quantitative estimate of drug-likeness (QED) is 0.394. The summed E-state index contributed by atoms with van der Waals surface area (Å²) in [6, 6.07) is 24.8. The van der Waals surface area contributed by atoms with Crippen LogP contribution in [0.2, 0.25) is 15.1 Å². The first-order valence-electron chi connectivity index (χ1n) is 10.3. The minimum absolute atomic E-state index is 0.192. The molecule has 2 atom stereocenters. The first kappa shape index (κ1) is 21.5. The van der Waals surface area contributed by atoms with Crippen molar-refractivity contribution < 1.29 is 0 Å². The van der Waals surface area contributed by atoms with Gasteiger partial charge in [0.25, 0.3) is 0 Å². The zero-order chi connectivity index (χ0) is 21.1. The maximum atomic E-state index is 6.58. The van der Waals surface area contributed by atoms with Crippen LogP contribution in [0.3, 0.4) is 0 Å². The molecule has 1 heterocycles. The summed E-state index contributed by atoms with van der Waals surface area (Å²) >= 11 is 18.9. The van der Waals surface area contributed by atoms with E-state index >= 15 is 0 Å². The second kappa shape index (κ2) is 9.62. The topological polar surface area (TPSA) is 6.48 Å². The van der Waals surface area contributed by atoms with Gasteiger partial charge < -0.3 is 4.90 Å². The van der Waals surface area contributed by atoms with Gasteiger partial charge in [0.05, 0.1) is 16.8 Å². The Morgan fingerprint density at radius 1 is 0.867 bits per heavy atom. The molecule has 1 fully saturated rings. The van der Waals surface area contributed by atoms with Gasteiger partial charge in [-0.25, -0.2) is 0 Å². The molecule has 0 aromatic heterocycles. The molecule has 30 heavy (non-hydrogen) atoms. The Morgan fingerprint density at radius 3 is 2.27 bits per heavy atom. The summed E-state index contributed by atoms with van der Waals surface area (Å²) in [5.41, 5.74) is 3.64. The van der Waals surface area contributed by atoms with Gasteiger partial charge in [0.2, 0.25) is 0 Å². The molecule has 156 valence electrons. The SMILES string of the molecule is CC(CN1CCN(c2ccc(Cl)cc2Cl)[C@H](c2ccc(Cl)cc2)C1)c1ccccc1. The normalized spacial score (nSPS) is 18.4. The third kappa shape index (κ3) is 4.95. The molecule has 0 N–H and O–H groups in total. The lowest BCUT2D eigenvalue weighted by Gasteiger charge is -2.44. The van der Waals surface area contributed by atoms with Crippen LogP contribution in [0.5, 0.6) is 0 Å². The molecule has 5 heteroatoms. The minimum atomic E-state index is 0.192. The molecule has 1 unspecified atom stereocenters. The Morgan fingerprint density at radius 2 is 1.57 bits per heavy atom. The van der Waals surface area contributed by atoms with Crippen molar-refractivity contribution >= 4 is 40.5 Å². The highest BCUT2D eigenvalue weighted by Crippen LogP contribution is 2.37. The number of rotatable bonds is 5. The standard InChI is InChI=1S/C25H25Cl3N2/c1-18(19-5-3-2-4-6-19)16-29-13-14-30(24-12-11-22(27)15-23(24)28)25(17-29)20-7-9-21(26)10-8-20/h2-12,15,18,25H,13-14,16-17H2,1H3/t18?,25-/m0/s1. The molecule has 0 aliphatic carbocycles. The van der Waals surface area contributed by atoms with E-state index in [0.29, 0.717) is 16.0 Å². The van der Waals surface area contributed by atoms with Crippen molar-refractivity contribution in [2.24, 2.45) is 0 Å². The second-order valence-electron chi connectivity index (χ2n) is 7.93. The highest BCUT2D eigenvalue weighted by molar-refractivity contribution is 6.36. The van der Waals surface area contributed by atoms with Crippen LogP contribution in [0.15, 0.2) is 72.8 Å². The van der Waals surface area contributed by atoms with Crippen molar-refractivity contribution in [1.29, 1.82) is 0 Å². The number of hydrogen-bond acceptors (Lipinski definition) is 2. The highest BCUT2D eigenvalue weighted by atomic mass is 35.5. The van der Waals surface area contributed by atoms with E-state index in [9.17, 15) is 0 Å². The Kier molecular flexibility index (Phi) is 6.90. The summed E-state index contributed by atoms with van der Waals surface area (Å²) in [4.78, 5) is 4.95. The van der Waals surface area contributed by atoms with Gasteiger partial charge in [0, 0.05) is 36.2 Å². The smallest absolute Gasteiger partial charge is 0.0670 e. The number of anilines is 1. The van der Waals surface area contributed by atoms with E-state index in [0.717, 1.165) is 36.9 Å². The Balaban J connectivity index is 1.59. The summed E-state index contributed by atoms with van der Waals surface area (Å²) < 4.78 is 0. The van der Waals surface area contributed by atoms with E-state index in [4.69, 9.17) is 34.8 Å². The molecule has 0 radical (unpaired) electrons. The molecule has 0 bridgehead atoms. The first-order valence-corrected chi connectivity index (χ1v) is 11.4. The maximum Gasteiger partial charge on any atom is 0.0670 e. The van der Waals surface area contributed by atoms with Gasteiger partial charge in [-0.1, -0.05) is 84.2 Å².